The number of hydrogen-bond acceptors (Lipinski definition) is 3. The van der Waals surface area contributed by atoms with E-state index < -0.39 is 4.92 Å². The van der Waals surface area contributed by atoms with Gasteiger partial charge in [-0.15, -0.1) is 0 Å². The highest BCUT2D eigenvalue weighted by atomic mass is 35.5. The molecule has 1 rings (SSSR count). The SMILES string of the molecule is CC(C)n1c([N+](=O)[O-])cnc1Cl. The van der Waals surface area contributed by atoms with Crippen LogP contribution in [0.4, 0.5) is 5.82 Å². The van der Waals surface area contributed by atoms with Crippen LogP contribution in [0.1, 0.15) is 19.9 Å². The van der Waals surface area contributed by atoms with Gasteiger partial charge in [0.25, 0.3) is 5.28 Å². The lowest BCUT2D eigenvalue weighted by Gasteiger charge is -2.03. The fourth-order valence-corrected chi connectivity index (χ4v) is 1.27. The van der Waals surface area contributed by atoms with Crippen molar-refractivity contribution in [3.05, 3.63) is 21.6 Å². The highest BCUT2D eigenvalue weighted by Crippen LogP contribution is 2.22. The predicted molar refractivity (Wildman–Crippen MR) is 44.3 cm³/mol. The molecule has 66 valence electrons. The first-order valence-electron chi connectivity index (χ1n) is 3.41. The Kier molecular flexibility index (Phi) is 2.32. The summed E-state index contributed by atoms with van der Waals surface area (Å²) in [7, 11) is 0. The molecule has 0 atom stereocenters. The quantitative estimate of drug-likeness (QED) is 0.528. The van der Waals surface area contributed by atoms with Crippen LogP contribution >= 0.6 is 11.6 Å². The zero-order chi connectivity index (χ0) is 9.30. The third-order valence-corrected chi connectivity index (χ3v) is 1.72. The third-order valence-electron chi connectivity index (χ3n) is 1.44. The number of imidazole rings is 1. The Bertz CT molecular complexity index is 308. The summed E-state index contributed by atoms with van der Waals surface area (Å²) in [4.78, 5) is 13.6. The van der Waals surface area contributed by atoms with Crippen molar-refractivity contribution >= 4 is 17.4 Å². The summed E-state index contributed by atoms with van der Waals surface area (Å²) >= 11 is 5.63. The predicted octanol–water partition coefficient (Wildman–Crippen LogP) is 2.03. The summed E-state index contributed by atoms with van der Waals surface area (Å²) in [6.45, 7) is 3.61. The van der Waals surface area contributed by atoms with Gasteiger partial charge in [-0.25, -0.2) is 0 Å². The molecule has 0 amide bonds. The van der Waals surface area contributed by atoms with Gasteiger partial charge < -0.3 is 10.1 Å². The Morgan fingerprint density at radius 3 is 2.67 bits per heavy atom. The molecular formula is C6H8ClN3O2. The summed E-state index contributed by atoms with van der Waals surface area (Å²) in [6, 6.07) is -0.0552. The van der Waals surface area contributed by atoms with Gasteiger partial charge in [0.2, 0.25) is 0 Å². The van der Waals surface area contributed by atoms with E-state index in [2.05, 4.69) is 4.98 Å². The average molecular weight is 190 g/mol. The standard InChI is InChI=1S/C6H8ClN3O2/c1-4(2)9-5(10(11)12)3-8-6(9)7/h3-4H,1-2H3. The Hall–Kier alpha value is -1.10. The van der Waals surface area contributed by atoms with Gasteiger partial charge in [0.15, 0.2) is 0 Å². The summed E-state index contributed by atoms with van der Waals surface area (Å²) in [6.07, 6.45) is 1.16. The smallest absolute Gasteiger partial charge is 0.344 e. The van der Waals surface area contributed by atoms with Crippen LogP contribution in [0.5, 0.6) is 0 Å². The van der Waals surface area contributed by atoms with Crippen molar-refractivity contribution < 1.29 is 4.92 Å². The van der Waals surface area contributed by atoms with Gasteiger partial charge in [-0.3, -0.25) is 0 Å². The van der Waals surface area contributed by atoms with E-state index in [9.17, 15) is 10.1 Å². The fourth-order valence-electron chi connectivity index (χ4n) is 0.943. The fraction of sp³-hybridized carbons (Fsp3) is 0.500. The zero-order valence-corrected chi connectivity index (χ0v) is 7.45. The first-order valence-corrected chi connectivity index (χ1v) is 3.79. The molecular weight excluding hydrogens is 182 g/mol. The Morgan fingerprint density at radius 1 is 1.75 bits per heavy atom. The summed E-state index contributed by atoms with van der Waals surface area (Å²) in [5, 5.41) is 10.6. The lowest BCUT2D eigenvalue weighted by Crippen LogP contribution is -2.05. The van der Waals surface area contributed by atoms with Crippen LogP contribution in [0.15, 0.2) is 6.20 Å². The Morgan fingerprint density at radius 2 is 2.33 bits per heavy atom. The van der Waals surface area contributed by atoms with Crippen LogP contribution in [0.2, 0.25) is 5.28 Å². The third kappa shape index (κ3) is 1.40. The molecule has 0 N–H and O–H groups in total. The molecule has 0 unspecified atom stereocenters. The van der Waals surface area contributed by atoms with E-state index in [0.29, 0.717) is 0 Å². The molecule has 0 aromatic carbocycles. The molecule has 5 nitrogen and oxygen atoms in total. The van der Waals surface area contributed by atoms with Gasteiger partial charge in [0.1, 0.15) is 6.20 Å². The maximum absolute atomic E-state index is 10.4. The lowest BCUT2D eigenvalue weighted by atomic mass is 10.4. The highest BCUT2D eigenvalue weighted by molar-refractivity contribution is 6.28. The van der Waals surface area contributed by atoms with Crippen molar-refractivity contribution in [1.82, 2.24) is 9.55 Å². The van der Waals surface area contributed by atoms with Crippen molar-refractivity contribution in [3.8, 4) is 0 Å². The molecule has 0 aliphatic carbocycles. The lowest BCUT2D eigenvalue weighted by molar-refractivity contribution is -0.392. The van der Waals surface area contributed by atoms with E-state index in [1.807, 2.05) is 0 Å². The summed E-state index contributed by atoms with van der Waals surface area (Å²) in [5.74, 6) is -0.0741. The summed E-state index contributed by atoms with van der Waals surface area (Å²) < 4.78 is 1.36. The van der Waals surface area contributed by atoms with E-state index >= 15 is 0 Å². The van der Waals surface area contributed by atoms with Crippen molar-refractivity contribution in [2.45, 2.75) is 19.9 Å². The van der Waals surface area contributed by atoms with E-state index in [1.165, 1.54) is 4.57 Å². The molecule has 1 aromatic heterocycles. The molecule has 0 bridgehead atoms. The van der Waals surface area contributed by atoms with Gasteiger partial charge in [-0.05, 0) is 30.4 Å². The van der Waals surface area contributed by atoms with Gasteiger partial charge in [-0.1, -0.05) is 0 Å². The topological polar surface area (TPSA) is 61.0 Å². The minimum atomic E-state index is -0.501. The number of nitro groups is 1. The van der Waals surface area contributed by atoms with Crippen LogP contribution in [0.3, 0.4) is 0 Å². The van der Waals surface area contributed by atoms with Gasteiger partial charge in [0.05, 0.1) is 6.04 Å². The summed E-state index contributed by atoms with van der Waals surface area (Å²) in [5.41, 5.74) is 0. The Labute approximate surface area is 74.1 Å². The normalized spacial score (nSPS) is 10.7. The molecule has 0 saturated heterocycles. The van der Waals surface area contributed by atoms with Crippen LogP contribution in [-0.2, 0) is 0 Å². The maximum Gasteiger partial charge on any atom is 0.344 e. The monoisotopic (exact) mass is 189 g/mol. The minimum Gasteiger partial charge on any atom is -0.358 e. The molecule has 0 aliphatic rings. The second kappa shape index (κ2) is 3.10. The van der Waals surface area contributed by atoms with Crippen molar-refractivity contribution in [1.29, 1.82) is 0 Å². The molecule has 0 saturated carbocycles. The van der Waals surface area contributed by atoms with E-state index in [1.54, 1.807) is 13.8 Å². The molecule has 0 aliphatic heterocycles. The van der Waals surface area contributed by atoms with Gasteiger partial charge >= 0.3 is 5.82 Å². The van der Waals surface area contributed by atoms with E-state index in [-0.39, 0.29) is 17.1 Å². The molecule has 1 heterocycles. The van der Waals surface area contributed by atoms with Crippen LogP contribution in [0, 0.1) is 10.1 Å². The van der Waals surface area contributed by atoms with Crippen molar-refractivity contribution in [2.24, 2.45) is 0 Å². The Balaban J connectivity index is 3.21. The first-order chi connectivity index (χ1) is 5.54. The molecule has 12 heavy (non-hydrogen) atoms. The number of aromatic nitrogens is 2. The second-order valence-corrected chi connectivity index (χ2v) is 2.94. The van der Waals surface area contributed by atoms with Gasteiger partial charge in [0, 0.05) is 0 Å². The number of hydrogen-bond donors (Lipinski definition) is 0. The molecule has 6 heteroatoms. The molecule has 0 radical (unpaired) electrons. The maximum atomic E-state index is 10.4. The number of halogens is 1. The number of rotatable bonds is 2. The highest BCUT2D eigenvalue weighted by Gasteiger charge is 2.20. The molecule has 0 fully saturated rings. The van der Waals surface area contributed by atoms with Crippen LogP contribution in [0.25, 0.3) is 0 Å². The van der Waals surface area contributed by atoms with Crippen molar-refractivity contribution in [3.63, 3.8) is 0 Å². The van der Waals surface area contributed by atoms with Crippen molar-refractivity contribution in [2.75, 3.05) is 0 Å². The molecule has 1 aromatic rings. The minimum absolute atomic E-state index is 0.0552. The largest absolute Gasteiger partial charge is 0.358 e. The van der Waals surface area contributed by atoms with Gasteiger partial charge in [-0.2, -0.15) is 9.55 Å². The molecule has 0 spiro atoms. The number of nitrogens with zero attached hydrogens (tertiary/aromatic N) is 3. The van der Waals surface area contributed by atoms with Crippen LogP contribution < -0.4 is 0 Å². The second-order valence-electron chi connectivity index (χ2n) is 2.61. The van der Waals surface area contributed by atoms with E-state index in [4.69, 9.17) is 11.6 Å². The van der Waals surface area contributed by atoms with E-state index in [0.717, 1.165) is 6.20 Å². The first kappa shape index (κ1) is 8.99. The van der Waals surface area contributed by atoms with Crippen LogP contribution in [-0.4, -0.2) is 14.5 Å². The average Bonchev–Trinajstić information content (AvgIpc) is 2.30. The zero-order valence-electron chi connectivity index (χ0n) is 6.69.